The van der Waals surface area contributed by atoms with Crippen molar-refractivity contribution in [2.45, 2.75) is 32.9 Å². The second kappa shape index (κ2) is 11.3. The number of piperidine rings is 1. The maximum absolute atomic E-state index is 5.52. The number of nitrogens with zero attached hydrogens (tertiary/aromatic N) is 5. The van der Waals surface area contributed by atoms with Crippen LogP contribution in [0.15, 0.2) is 28.9 Å². The van der Waals surface area contributed by atoms with Crippen molar-refractivity contribution in [3.8, 4) is 0 Å². The molecular weight excluding hydrogens is 375 g/mol. The molecule has 0 unspecified atom stereocenters. The summed E-state index contributed by atoms with van der Waals surface area (Å²) in [6.45, 7) is 7.38. The van der Waals surface area contributed by atoms with Gasteiger partial charge < -0.3 is 15.2 Å². The molecule has 2 N–H and O–H groups in total. The van der Waals surface area contributed by atoms with Gasteiger partial charge in [0.15, 0.2) is 5.82 Å². The number of pyridine rings is 1. The summed E-state index contributed by atoms with van der Waals surface area (Å²) in [5.74, 6) is 3.02. The van der Waals surface area contributed by atoms with Crippen molar-refractivity contribution in [1.82, 2.24) is 20.0 Å². The van der Waals surface area contributed by atoms with Crippen LogP contribution in [0.4, 0.5) is 5.82 Å². The van der Waals surface area contributed by atoms with Crippen molar-refractivity contribution >= 4 is 30.6 Å². The monoisotopic (exact) mass is 402 g/mol. The van der Waals surface area contributed by atoms with Gasteiger partial charge in [0.05, 0.1) is 13.1 Å². The van der Waals surface area contributed by atoms with Crippen molar-refractivity contribution in [2.24, 2.45) is 11.7 Å². The van der Waals surface area contributed by atoms with E-state index in [4.69, 9.17) is 10.3 Å². The van der Waals surface area contributed by atoms with Gasteiger partial charge in [-0.25, -0.2) is 4.98 Å². The number of hydrogen-bond donors (Lipinski definition) is 1. The van der Waals surface area contributed by atoms with Crippen LogP contribution in [0.5, 0.6) is 0 Å². The van der Waals surface area contributed by atoms with Gasteiger partial charge in [-0.15, -0.1) is 24.8 Å². The topological polar surface area (TPSA) is 84.3 Å². The predicted octanol–water partition coefficient (Wildman–Crippen LogP) is 2.51. The lowest BCUT2D eigenvalue weighted by atomic mass is 9.96. The Morgan fingerprint density at radius 2 is 2.04 bits per heavy atom. The number of hydrogen-bond acceptors (Lipinski definition) is 7. The molecule has 26 heavy (non-hydrogen) atoms. The summed E-state index contributed by atoms with van der Waals surface area (Å²) in [5.41, 5.74) is 5.52. The molecule has 0 aromatic carbocycles. The van der Waals surface area contributed by atoms with Gasteiger partial charge >= 0.3 is 0 Å². The lowest BCUT2D eigenvalue weighted by molar-refractivity contribution is 0.206. The van der Waals surface area contributed by atoms with Crippen LogP contribution < -0.4 is 10.6 Å². The molecule has 0 amide bonds. The van der Waals surface area contributed by atoms with Crippen molar-refractivity contribution < 1.29 is 4.52 Å². The van der Waals surface area contributed by atoms with E-state index in [9.17, 15) is 0 Å². The third-order valence-corrected chi connectivity index (χ3v) is 4.60. The molecule has 1 fully saturated rings. The molecule has 3 rings (SSSR count). The maximum Gasteiger partial charge on any atom is 0.240 e. The van der Waals surface area contributed by atoms with E-state index in [1.807, 2.05) is 18.3 Å². The quantitative estimate of drug-likeness (QED) is 0.760. The van der Waals surface area contributed by atoms with Crippen molar-refractivity contribution in [3.63, 3.8) is 0 Å². The average Bonchev–Trinajstić information content (AvgIpc) is 3.10. The van der Waals surface area contributed by atoms with Gasteiger partial charge in [-0.3, -0.25) is 4.90 Å². The van der Waals surface area contributed by atoms with Crippen molar-refractivity contribution in [2.75, 3.05) is 31.1 Å². The Bertz CT molecular complexity index is 619. The van der Waals surface area contributed by atoms with E-state index in [0.29, 0.717) is 18.4 Å². The van der Waals surface area contributed by atoms with E-state index in [2.05, 4.69) is 37.9 Å². The smallest absolute Gasteiger partial charge is 0.240 e. The molecule has 3 heterocycles. The molecule has 0 bridgehead atoms. The highest BCUT2D eigenvalue weighted by molar-refractivity contribution is 5.85. The summed E-state index contributed by atoms with van der Waals surface area (Å²) < 4.78 is 5.09. The highest BCUT2D eigenvalue weighted by atomic mass is 35.5. The van der Waals surface area contributed by atoms with Crippen LogP contribution in [0, 0.1) is 5.92 Å². The maximum atomic E-state index is 5.52. The lowest BCUT2D eigenvalue weighted by Gasteiger charge is -2.35. The summed E-state index contributed by atoms with van der Waals surface area (Å²) in [4.78, 5) is 13.5. The largest absolute Gasteiger partial charge is 0.357 e. The molecule has 146 valence electrons. The molecule has 1 saturated heterocycles. The highest BCUT2D eigenvalue weighted by Crippen LogP contribution is 2.22. The molecule has 1 aliphatic rings. The lowest BCUT2D eigenvalue weighted by Crippen LogP contribution is -2.39. The van der Waals surface area contributed by atoms with Gasteiger partial charge in [0.2, 0.25) is 5.89 Å². The van der Waals surface area contributed by atoms with Crippen LogP contribution in [-0.4, -0.2) is 46.2 Å². The van der Waals surface area contributed by atoms with Crippen molar-refractivity contribution in [3.05, 3.63) is 36.1 Å². The Labute approximate surface area is 167 Å². The van der Waals surface area contributed by atoms with E-state index in [1.165, 1.54) is 12.8 Å². The zero-order valence-electron chi connectivity index (χ0n) is 15.1. The normalized spacial score (nSPS) is 14.8. The minimum Gasteiger partial charge on any atom is -0.357 e. The summed E-state index contributed by atoms with van der Waals surface area (Å²) in [7, 11) is 0. The van der Waals surface area contributed by atoms with E-state index >= 15 is 0 Å². The van der Waals surface area contributed by atoms with Gasteiger partial charge in [0, 0.05) is 25.8 Å². The Morgan fingerprint density at radius 3 is 2.62 bits per heavy atom. The van der Waals surface area contributed by atoms with Gasteiger partial charge in [0.25, 0.3) is 0 Å². The van der Waals surface area contributed by atoms with Crippen molar-refractivity contribution in [1.29, 1.82) is 0 Å². The van der Waals surface area contributed by atoms with E-state index in [0.717, 1.165) is 44.4 Å². The summed E-state index contributed by atoms with van der Waals surface area (Å²) in [5, 5.41) is 4.00. The van der Waals surface area contributed by atoms with Gasteiger partial charge in [0.1, 0.15) is 5.82 Å². The molecular formula is C17H28Cl2N6O. The fourth-order valence-electron chi connectivity index (χ4n) is 3.19. The molecule has 7 nitrogen and oxygen atoms in total. The van der Waals surface area contributed by atoms with E-state index in [-0.39, 0.29) is 24.8 Å². The van der Waals surface area contributed by atoms with Crippen LogP contribution in [0.25, 0.3) is 0 Å². The summed E-state index contributed by atoms with van der Waals surface area (Å²) >= 11 is 0. The molecule has 0 radical (unpaired) electrons. The van der Waals surface area contributed by atoms with Gasteiger partial charge in [-0.2, -0.15) is 4.98 Å². The van der Waals surface area contributed by atoms with Crippen LogP contribution in [0.2, 0.25) is 0 Å². The molecule has 9 heteroatoms. The first kappa shape index (κ1) is 22.6. The predicted molar refractivity (Wildman–Crippen MR) is 107 cm³/mol. The van der Waals surface area contributed by atoms with E-state index < -0.39 is 0 Å². The van der Waals surface area contributed by atoms with Gasteiger partial charge in [-0.05, 0) is 37.4 Å². The van der Waals surface area contributed by atoms with Crippen LogP contribution in [-0.2, 0) is 13.1 Å². The Morgan fingerprint density at radius 1 is 1.27 bits per heavy atom. The van der Waals surface area contributed by atoms with Crippen LogP contribution in [0.3, 0.4) is 0 Å². The fourth-order valence-corrected chi connectivity index (χ4v) is 3.19. The zero-order valence-corrected chi connectivity index (χ0v) is 16.7. The zero-order chi connectivity index (χ0) is 16.8. The standard InChI is InChI=1S/C17H26N6O.2ClH/c1-2-22(13-15-20-17(11-18)24-21-15)12-14-6-9-23(10-7-14)16-5-3-4-8-19-16;;/h3-5,8,14H,2,6-7,9-13,18H2,1H3;2*1H. The van der Waals surface area contributed by atoms with Gasteiger partial charge in [-0.1, -0.05) is 18.1 Å². The first-order valence-corrected chi connectivity index (χ1v) is 8.68. The second-order valence-electron chi connectivity index (χ2n) is 6.25. The number of aromatic nitrogens is 3. The molecule has 0 aliphatic carbocycles. The first-order chi connectivity index (χ1) is 11.8. The minimum atomic E-state index is 0. The fraction of sp³-hybridized carbons (Fsp3) is 0.588. The molecule has 2 aromatic rings. The first-order valence-electron chi connectivity index (χ1n) is 8.68. The minimum absolute atomic E-state index is 0. The highest BCUT2D eigenvalue weighted by Gasteiger charge is 2.22. The SMILES string of the molecule is CCN(Cc1noc(CN)n1)CC1CCN(c2ccccn2)CC1.Cl.Cl. The second-order valence-corrected chi connectivity index (χ2v) is 6.25. The number of nitrogens with two attached hydrogens (primary N) is 1. The molecule has 0 spiro atoms. The Balaban J connectivity index is 0.00000169. The molecule has 1 aliphatic heterocycles. The number of halogens is 2. The Hall–Kier alpha value is -1.41. The van der Waals surface area contributed by atoms with E-state index in [1.54, 1.807) is 0 Å². The number of anilines is 1. The third-order valence-electron chi connectivity index (χ3n) is 4.60. The average molecular weight is 403 g/mol. The Kier molecular flexibility index (Phi) is 9.87. The molecule has 0 saturated carbocycles. The third kappa shape index (κ3) is 6.09. The summed E-state index contributed by atoms with van der Waals surface area (Å²) in [6, 6.07) is 6.10. The van der Waals surface area contributed by atoms with Crippen LogP contribution >= 0.6 is 24.8 Å². The molecule has 2 aromatic heterocycles. The number of rotatable bonds is 7. The van der Waals surface area contributed by atoms with Crippen LogP contribution in [0.1, 0.15) is 31.5 Å². The molecule has 0 atom stereocenters. The summed E-state index contributed by atoms with van der Waals surface area (Å²) in [6.07, 6.45) is 4.24.